The number of hydrogen-bond acceptors (Lipinski definition) is 1. The standard InChI is InChI=1S/C11H16FN/c1-8-4-5-10(7-11(8)12)6-9(2)13-3/h4-5,7,9,13H,6H2,1-3H3. The molecule has 0 radical (unpaired) electrons. The lowest BCUT2D eigenvalue weighted by molar-refractivity contribution is 0.593. The summed E-state index contributed by atoms with van der Waals surface area (Å²) in [6.07, 6.45) is 0.869. The summed E-state index contributed by atoms with van der Waals surface area (Å²) < 4.78 is 13.1. The van der Waals surface area contributed by atoms with Crippen LogP contribution >= 0.6 is 0 Å². The van der Waals surface area contributed by atoms with Crippen LogP contribution in [-0.4, -0.2) is 13.1 Å². The van der Waals surface area contributed by atoms with Crippen molar-refractivity contribution in [3.8, 4) is 0 Å². The molecule has 13 heavy (non-hydrogen) atoms. The third kappa shape index (κ3) is 2.81. The highest BCUT2D eigenvalue weighted by atomic mass is 19.1. The van der Waals surface area contributed by atoms with Crippen LogP contribution in [0.1, 0.15) is 18.1 Å². The number of halogens is 1. The van der Waals surface area contributed by atoms with Crippen molar-refractivity contribution in [1.82, 2.24) is 5.32 Å². The lowest BCUT2D eigenvalue weighted by Gasteiger charge is -2.10. The van der Waals surface area contributed by atoms with Crippen LogP contribution in [0.2, 0.25) is 0 Å². The van der Waals surface area contributed by atoms with E-state index < -0.39 is 0 Å². The maximum absolute atomic E-state index is 13.1. The molecular formula is C11H16FN. The van der Waals surface area contributed by atoms with Gasteiger partial charge in [0.1, 0.15) is 5.82 Å². The van der Waals surface area contributed by atoms with Crippen molar-refractivity contribution in [2.45, 2.75) is 26.3 Å². The van der Waals surface area contributed by atoms with Gasteiger partial charge in [0.25, 0.3) is 0 Å². The smallest absolute Gasteiger partial charge is 0.126 e. The molecule has 1 N–H and O–H groups in total. The van der Waals surface area contributed by atoms with Gasteiger partial charge in [-0.1, -0.05) is 12.1 Å². The van der Waals surface area contributed by atoms with Gasteiger partial charge in [-0.05, 0) is 44.5 Å². The van der Waals surface area contributed by atoms with E-state index in [1.54, 1.807) is 13.0 Å². The van der Waals surface area contributed by atoms with Gasteiger partial charge in [-0.15, -0.1) is 0 Å². The van der Waals surface area contributed by atoms with Gasteiger partial charge in [0.2, 0.25) is 0 Å². The van der Waals surface area contributed by atoms with Crippen molar-refractivity contribution < 1.29 is 4.39 Å². The van der Waals surface area contributed by atoms with E-state index in [1.165, 1.54) is 0 Å². The van der Waals surface area contributed by atoms with Gasteiger partial charge in [0.15, 0.2) is 0 Å². The Labute approximate surface area is 79.0 Å². The Bertz CT molecular complexity index is 283. The first-order valence-electron chi connectivity index (χ1n) is 4.55. The summed E-state index contributed by atoms with van der Waals surface area (Å²) >= 11 is 0. The van der Waals surface area contributed by atoms with E-state index in [9.17, 15) is 4.39 Å². The Balaban J connectivity index is 2.73. The molecular weight excluding hydrogens is 165 g/mol. The minimum atomic E-state index is -0.110. The van der Waals surface area contributed by atoms with Gasteiger partial charge < -0.3 is 5.32 Å². The van der Waals surface area contributed by atoms with Gasteiger partial charge in [0, 0.05) is 6.04 Å². The van der Waals surface area contributed by atoms with E-state index >= 15 is 0 Å². The summed E-state index contributed by atoms with van der Waals surface area (Å²) in [6, 6.07) is 5.81. The van der Waals surface area contributed by atoms with Crippen LogP contribution in [0.5, 0.6) is 0 Å². The average molecular weight is 181 g/mol. The SMILES string of the molecule is CNC(C)Cc1ccc(C)c(F)c1. The van der Waals surface area contributed by atoms with Crippen LogP contribution in [0, 0.1) is 12.7 Å². The Kier molecular flexibility index (Phi) is 3.43. The van der Waals surface area contributed by atoms with Gasteiger partial charge in [-0.25, -0.2) is 4.39 Å². The summed E-state index contributed by atoms with van der Waals surface area (Å²) in [5.74, 6) is -0.110. The van der Waals surface area contributed by atoms with Gasteiger partial charge >= 0.3 is 0 Å². The molecule has 0 amide bonds. The number of hydrogen-bond donors (Lipinski definition) is 1. The highest BCUT2D eigenvalue weighted by molar-refractivity contribution is 5.23. The zero-order valence-corrected chi connectivity index (χ0v) is 8.39. The number of likely N-dealkylation sites (N-methyl/N-ethyl adjacent to an activating group) is 1. The molecule has 1 unspecified atom stereocenters. The van der Waals surface area contributed by atoms with E-state index in [-0.39, 0.29) is 5.82 Å². The van der Waals surface area contributed by atoms with Crippen molar-refractivity contribution in [1.29, 1.82) is 0 Å². The zero-order valence-electron chi connectivity index (χ0n) is 8.39. The van der Waals surface area contributed by atoms with Crippen LogP contribution in [0.25, 0.3) is 0 Å². The van der Waals surface area contributed by atoms with E-state index in [1.807, 2.05) is 19.2 Å². The second kappa shape index (κ2) is 4.38. The van der Waals surface area contributed by atoms with Crippen LogP contribution in [0.15, 0.2) is 18.2 Å². The summed E-state index contributed by atoms with van der Waals surface area (Å²) in [7, 11) is 1.91. The molecule has 0 spiro atoms. The molecule has 0 bridgehead atoms. The first kappa shape index (κ1) is 10.2. The first-order chi connectivity index (χ1) is 6.13. The summed E-state index contributed by atoms with van der Waals surface area (Å²) in [5.41, 5.74) is 1.76. The molecule has 1 atom stereocenters. The Morgan fingerprint density at radius 1 is 1.46 bits per heavy atom. The third-order valence-electron chi connectivity index (χ3n) is 2.27. The molecule has 0 aliphatic carbocycles. The number of benzene rings is 1. The second-order valence-electron chi connectivity index (χ2n) is 3.48. The van der Waals surface area contributed by atoms with Crippen LogP contribution in [-0.2, 0) is 6.42 Å². The molecule has 0 fully saturated rings. The molecule has 1 aromatic carbocycles. The normalized spacial score (nSPS) is 12.9. The van der Waals surface area contributed by atoms with Crippen molar-refractivity contribution in [2.24, 2.45) is 0 Å². The molecule has 2 heteroatoms. The number of aryl methyl sites for hydroxylation is 1. The number of rotatable bonds is 3. The van der Waals surface area contributed by atoms with Gasteiger partial charge in [0.05, 0.1) is 0 Å². The fourth-order valence-corrected chi connectivity index (χ4v) is 1.22. The Hall–Kier alpha value is -0.890. The number of nitrogens with one attached hydrogen (secondary N) is 1. The van der Waals surface area contributed by atoms with E-state index in [4.69, 9.17) is 0 Å². The Morgan fingerprint density at radius 3 is 2.69 bits per heavy atom. The predicted molar refractivity (Wildman–Crippen MR) is 53.4 cm³/mol. The molecule has 0 saturated heterocycles. The highest BCUT2D eigenvalue weighted by Crippen LogP contribution is 2.10. The highest BCUT2D eigenvalue weighted by Gasteiger charge is 2.02. The van der Waals surface area contributed by atoms with E-state index in [0.29, 0.717) is 11.6 Å². The van der Waals surface area contributed by atoms with E-state index in [2.05, 4.69) is 12.2 Å². The predicted octanol–water partition coefficient (Wildman–Crippen LogP) is 2.28. The van der Waals surface area contributed by atoms with Crippen LogP contribution in [0.4, 0.5) is 4.39 Å². The largest absolute Gasteiger partial charge is 0.317 e. The molecule has 72 valence electrons. The van der Waals surface area contributed by atoms with Crippen molar-refractivity contribution in [3.63, 3.8) is 0 Å². The van der Waals surface area contributed by atoms with Crippen LogP contribution in [0.3, 0.4) is 0 Å². The molecule has 1 rings (SSSR count). The van der Waals surface area contributed by atoms with Crippen molar-refractivity contribution in [3.05, 3.63) is 35.1 Å². The zero-order chi connectivity index (χ0) is 9.84. The maximum atomic E-state index is 13.1. The first-order valence-corrected chi connectivity index (χ1v) is 4.55. The third-order valence-corrected chi connectivity index (χ3v) is 2.27. The molecule has 0 heterocycles. The monoisotopic (exact) mass is 181 g/mol. The molecule has 0 aliphatic heterocycles. The Morgan fingerprint density at radius 2 is 2.15 bits per heavy atom. The topological polar surface area (TPSA) is 12.0 Å². The molecule has 1 aromatic rings. The maximum Gasteiger partial charge on any atom is 0.126 e. The lowest BCUT2D eigenvalue weighted by atomic mass is 10.1. The van der Waals surface area contributed by atoms with Crippen molar-refractivity contribution >= 4 is 0 Å². The fourth-order valence-electron chi connectivity index (χ4n) is 1.22. The summed E-state index contributed by atoms with van der Waals surface area (Å²) in [4.78, 5) is 0. The molecule has 0 aromatic heterocycles. The van der Waals surface area contributed by atoms with Gasteiger partial charge in [-0.3, -0.25) is 0 Å². The van der Waals surface area contributed by atoms with Crippen molar-refractivity contribution in [2.75, 3.05) is 7.05 Å². The summed E-state index contributed by atoms with van der Waals surface area (Å²) in [5, 5.41) is 3.13. The van der Waals surface area contributed by atoms with Crippen LogP contribution < -0.4 is 5.32 Å². The molecule has 0 saturated carbocycles. The summed E-state index contributed by atoms with van der Waals surface area (Å²) in [6.45, 7) is 3.86. The quantitative estimate of drug-likeness (QED) is 0.754. The van der Waals surface area contributed by atoms with E-state index in [0.717, 1.165) is 12.0 Å². The lowest BCUT2D eigenvalue weighted by Crippen LogP contribution is -2.23. The fraction of sp³-hybridized carbons (Fsp3) is 0.455. The van der Waals surface area contributed by atoms with Gasteiger partial charge in [-0.2, -0.15) is 0 Å². The minimum Gasteiger partial charge on any atom is -0.317 e. The average Bonchev–Trinajstić information content (AvgIpc) is 2.11. The molecule has 1 nitrogen and oxygen atoms in total. The minimum absolute atomic E-state index is 0.110. The second-order valence-corrected chi connectivity index (χ2v) is 3.48. The molecule has 0 aliphatic rings.